The predicted molar refractivity (Wildman–Crippen MR) is 84.0 cm³/mol. The molecule has 0 amide bonds. The Bertz CT molecular complexity index is 274. The first-order chi connectivity index (χ1) is 8.95. The molecule has 0 saturated carbocycles. The van der Waals surface area contributed by atoms with Crippen LogP contribution in [0.5, 0.6) is 0 Å². The van der Waals surface area contributed by atoms with Crippen molar-refractivity contribution in [2.24, 2.45) is 9.98 Å². The van der Waals surface area contributed by atoms with Crippen LogP contribution in [0.15, 0.2) is 9.98 Å². The van der Waals surface area contributed by atoms with Gasteiger partial charge in [0.05, 0.1) is 13.1 Å². The second-order valence-corrected chi connectivity index (χ2v) is 6.51. The Labute approximate surface area is 118 Å². The SMILES string of the molecule is C(CCCSC1=NCCN1)CCSC1=NCCN1. The van der Waals surface area contributed by atoms with Crippen molar-refractivity contribution in [3.8, 4) is 0 Å². The lowest BCUT2D eigenvalue weighted by Crippen LogP contribution is -2.15. The van der Waals surface area contributed by atoms with E-state index in [9.17, 15) is 0 Å². The first-order valence-electron chi connectivity index (χ1n) is 6.77. The molecular formula is C12H22N4S2. The molecule has 0 saturated heterocycles. The zero-order valence-electron chi connectivity index (χ0n) is 10.8. The predicted octanol–water partition coefficient (Wildman–Crippen LogP) is 1.93. The third-order valence-corrected chi connectivity index (χ3v) is 4.88. The molecule has 2 aliphatic heterocycles. The number of hydrogen-bond donors (Lipinski definition) is 2. The fraction of sp³-hybridized carbons (Fsp3) is 0.833. The van der Waals surface area contributed by atoms with E-state index in [1.54, 1.807) is 0 Å². The van der Waals surface area contributed by atoms with Crippen LogP contribution in [0.2, 0.25) is 0 Å². The summed E-state index contributed by atoms with van der Waals surface area (Å²) in [4.78, 5) is 8.74. The van der Waals surface area contributed by atoms with Crippen molar-refractivity contribution in [3.05, 3.63) is 0 Å². The minimum atomic E-state index is 0.956. The van der Waals surface area contributed by atoms with Crippen molar-refractivity contribution >= 4 is 33.9 Å². The van der Waals surface area contributed by atoms with Crippen LogP contribution in [0.3, 0.4) is 0 Å². The Morgan fingerprint density at radius 2 is 1.28 bits per heavy atom. The molecular weight excluding hydrogens is 264 g/mol. The number of aliphatic imine (C=N–C) groups is 2. The van der Waals surface area contributed by atoms with Gasteiger partial charge in [-0.15, -0.1) is 0 Å². The highest BCUT2D eigenvalue weighted by Crippen LogP contribution is 2.13. The lowest BCUT2D eigenvalue weighted by atomic mass is 10.2. The molecule has 0 bridgehead atoms. The van der Waals surface area contributed by atoms with Crippen LogP contribution in [0, 0.1) is 0 Å². The molecule has 2 N–H and O–H groups in total. The van der Waals surface area contributed by atoms with Crippen LogP contribution in [0.25, 0.3) is 0 Å². The maximum Gasteiger partial charge on any atom is 0.156 e. The van der Waals surface area contributed by atoms with E-state index in [1.165, 1.54) is 37.2 Å². The zero-order chi connectivity index (χ0) is 12.5. The molecule has 0 atom stereocenters. The Hall–Kier alpha value is -0.360. The Morgan fingerprint density at radius 1 is 0.778 bits per heavy atom. The molecule has 4 nitrogen and oxygen atoms in total. The molecule has 0 aromatic rings. The van der Waals surface area contributed by atoms with E-state index in [2.05, 4.69) is 20.6 Å². The Kier molecular flexibility index (Phi) is 6.79. The average molecular weight is 286 g/mol. The average Bonchev–Trinajstić information content (AvgIpc) is 3.05. The number of rotatable bonds is 7. The van der Waals surface area contributed by atoms with Gasteiger partial charge in [0.25, 0.3) is 0 Å². The third kappa shape index (κ3) is 5.52. The van der Waals surface area contributed by atoms with Gasteiger partial charge in [0.15, 0.2) is 10.3 Å². The number of thioether (sulfide) groups is 2. The molecule has 0 aromatic heterocycles. The fourth-order valence-electron chi connectivity index (χ4n) is 1.84. The lowest BCUT2D eigenvalue weighted by Gasteiger charge is -2.03. The number of amidine groups is 2. The summed E-state index contributed by atoms with van der Waals surface area (Å²) in [7, 11) is 0. The second-order valence-electron chi connectivity index (χ2n) is 4.34. The van der Waals surface area contributed by atoms with Crippen molar-refractivity contribution in [2.75, 3.05) is 37.7 Å². The molecule has 0 unspecified atom stereocenters. The van der Waals surface area contributed by atoms with E-state index in [4.69, 9.17) is 0 Å². The van der Waals surface area contributed by atoms with Crippen molar-refractivity contribution in [1.29, 1.82) is 0 Å². The summed E-state index contributed by atoms with van der Waals surface area (Å²) >= 11 is 3.75. The number of nitrogens with one attached hydrogen (secondary N) is 2. The molecule has 0 spiro atoms. The maximum absolute atomic E-state index is 4.37. The normalized spacial score (nSPS) is 18.2. The fourth-order valence-corrected chi connectivity index (χ4v) is 3.70. The standard InChI is InChI=1S/C12H22N4S2/c1(3-9-17-11-13-5-6-14-11)2-4-10-18-12-15-7-8-16-12/h1-10H2,(H,13,14)(H,15,16). The molecule has 6 heteroatoms. The van der Waals surface area contributed by atoms with E-state index in [0.29, 0.717) is 0 Å². The summed E-state index contributed by atoms with van der Waals surface area (Å²) < 4.78 is 0. The van der Waals surface area contributed by atoms with Crippen molar-refractivity contribution in [1.82, 2.24) is 10.6 Å². The number of unbranched alkanes of at least 4 members (excludes halogenated alkanes) is 3. The van der Waals surface area contributed by atoms with Crippen molar-refractivity contribution in [3.63, 3.8) is 0 Å². The monoisotopic (exact) mass is 286 g/mol. The van der Waals surface area contributed by atoms with Gasteiger partial charge in [0, 0.05) is 24.6 Å². The molecule has 102 valence electrons. The van der Waals surface area contributed by atoms with Crippen LogP contribution in [-0.2, 0) is 0 Å². The second kappa shape index (κ2) is 8.69. The van der Waals surface area contributed by atoms with E-state index in [-0.39, 0.29) is 0 Å². The molecule has 0 aliphatic carbocycles. The first-order valence-corrected chi connectivity index (χ1v) is 8.74. The molecule has 0 radical (unpaired) electrons. The van der Waals surface area contributed by atoms with Gasteiger partial charge in [-0.25, -0.2) is 0 Å². The molecule has 2 aliphatic rings. The van der Waals surface area contributed by atoms with Gasteiger partial charge in [-0.05, 0) is 12.8 Å². The summed E-state index contributed by atoms with van der Waals surface area (Å²) in [5, 5.41) is 8.87. The molecule has 18 heavy (non-hydrogen) atoms. The maximum atomic E-state index is 4.37. The Balaban J connectivity index is 1.35. The van der Waals surface area contributed by atoms with Gasteiger partial charge in [-0.2, -0.15) is 0 Å². The highest BCUT2D eigenvalue weighted by atomic mass is 32.2. The Morgan fingerprint density at radius 3 is 1.67 bits per heavy atom. The highest BCUT2D eigenvalue weighted by molar-refractivity contribution is 8.14. The lowest BCUT2D eigenvalue weighted by molar-refractivity contribution is 0.712. The largest absolute Gasteiger partial charge is 0.363 e. The van der Waals surface area contributed by atoms with E-state index in [0.717, 1.165) is 36.5 Å². The zero-order valence-corrected chi connectivity index (χ0v) is 12.4. The summed E-state index contributed by atoms with van der Waals surface area (Å²) in [6.07, 6.45) is 5.27. The summed E-state index contributed by atoms with van der Waals surface area (Å²) in [6.45, 7) is 3.96. The van der Waals surface area contributed by atoms with Crippen LogP contribution in [0.1, 0.15) is 25.7 Å². The summed E-state index contributed by atoms with van der Waals surface area (Å²) in [6, 6.07) is 0. The summed E-state index contributed by atoms with van der Waals surface area (Å²) in [5.74, 6) is 2.40. The molecule has 2 rings (SSSR count). The van der Waals surface area contributed by atoms with Gasteiger partial charge in [0.2, 0.25) is 0 Å². The summed E-state index contributed by atoms with van der Waals surface area (Å²) in [5.41, 5.74) is 0. The first kappa shape index (κ1) is 14.1. The van der Waals surface area contributed by atoms with Gasteiger partial charge >= 0.3 is 0 Å². The highest BCUT2D eigenvalue weighted by Gasteiger charge is 2.05. The van der Waals surface area contributed by atoms with E-state index < -0.39 is 0 Å². The van der Waals surface area contributed by atoms with E-state index >= 15 is 0 Å². The van der Waals surface area contributed by atoms with Crippen LogP contribution in [0.4, 0.5) is 0 Å². The number of hydrogen-bond acceptors (Lipinski definition) is 6. The van der Waals surface area contributed by atoms with Gasteiger partial charge in [0.1, 0.15) is 0 Å². The number of nitrogens with zero attached hydrogens (tertiary/aromatic N) is 2. The van der Waals surface area contributed by atoms with E-state index in [1.807, 2.05) is 23.5 Å². The van der Waals surface area contributed by atoms with Crippen molar-refractivity contribution in [2.45, 2.75) is 25.7 Å². The smallest absolute Gasteiger partial charge is 0.156 e. The topological polar surface area (TPSA) is 48.8 Å². The van der Waals surface area contributed by atoms with Crippen LogP contribution in [-0.4, -0.2) is 48.0 Å². The third-order valence-electron chi connectivity index (χ3n) is 2.80. The molecule has 0 fully saturated rings. The quantitative estimate of drug-likeness (QED) is 0.702. The minimum absolute atomic E-state index is 0.956. The van der Waals surface area contributed by atoms with Crippen LogP contribution < -0.4 is 10.6 Å². The molecule has 0 aromatic carbocycles. The van der Waals surface area contributed by atoms with Gasteiger partial charge in [-0.1, -0.05) is 36.4 Å². The van der Waals surface area contributed by atoms with Gasteiger partial charge in [-0.3, -0.25) is 9.98 Å². The minimum Gasteiger partial charge on any atom is -0.363 e. The molecule has 2 heterocycles. The van der Waals surface area contributed by atoms with Crippen molar-refractivity contribution < 1.29 is 0 Å². The van der Waals surface area contributed by atoms with Crippen LogP contribution >= 0.6 is 23.5 Å². The van der Waals surface area contributed by atoms with Gasteiger partial charge < -0.3 is 10.6 Å².